The van der Waals surface area contributed by atoms with Gasteiger partial charge in [-0.25, -0.2) is 9.67 Å². The summed E-state index contributed by atoms with van der Waals surface area (Å²) in [6.07, 6.45) is 2.12. The molecule has 0 aromatic carbocycles. The first kappa shape index (κ1) is 21.4. The Morgan fingerprint density at radius 1 is 1.54 bits per heavy atom. The highest BCUT2D eigenvalue weighted by molar-refractivity contribution is 14.0. The molecule has 7 nitrogen and oxygen atoms in total. The Bertz CT molecular complexity index is 749. The molecule has 2 aromatic heterocycles. The van der Waals surface area contributed by atoms with E-state index in [1.165, 1.54) is 11.3 Å². The molecule has 0 saturated heterocycles. The quantitative estimate of drug-likeness (QED) is 0.327. The van der Waals surface area contributed by atoms with Gasteiger partial charge in [-0.05, 0) is 18.6 Å². The number of aromatic nitrogens is 3. The topological polar surface area (TPSA) is 87.4 Å². The summed E-state index contributed by atoms with van der Waals surface area (Å²) >= 11 is 7.30. The van der Waals surface area contributed by atoms with Crippen LogP contribution in [0.5, 0.6) is 0 Å². The molecule has 3 rings (SSSR count). The van der Waals surface area contributed by atoms with Crippen LogP contribution in [0, 0.1) is 0 Å². The van der Waals surface area contributed by atoms with Crippen LogP contribution < -0.4 is 10.6 Å². The van der Waals surface area contributed by atoms with E-state index in [4.69, 9.17) is 11.6 Å². The lowest BCUT2D eigenvalue weighted by Crippen LogP contribution is -2.47. The number of guanidine groups is 1. The first-order valence-corrected chi connectivity index (χ1v) is 9.61. The van der Waals surface area contributed by atoms with Crippen molar-refractivity contribution < 1.29 is 5.11 Å². The van der Waals surface area contributed by atoms with Crippen LogP contribution in [0.15, 0.2) is 17.1 Å². The van der Waals surface area contributed by atoms with E-state index in [0.29, 0.717) is 16.8 Å². The van der Waals surface area contributed by atoms with Gasteiger partial charge in [0.05, 0.1) is 10.9 Å². The molecule has 0 saturated carbocycles. The van der Waals surface area contributed by atoms with Crippen LogP contribution in [0.25, 0.3) is 0 Å². The fourth-order valence-electron chi connectivity index (χ4n) is 2.82. The zero-order chi connectivity index (χ0) is 17.8. The number of fused-ring (bicyclic) bond motifs is 1. The fraction of sp³-hybridized carbons (Fsp3) is 0.562. The molecule has 0 spiro atoms. The van der Waals surface area contributed by atoms with Crippen LogP contribution in [0.1, 0.15) is 36.0 Å². The number of thiophene rings is 1. The Kier molecular flexibility index (Phi) is 8.11. The highest BCUT2D eigenvalue weighted by Crippen LogP contribution is 2.26. The zero-order valence-electron chi connectivity index (χ0n) is 14.8. The van der Waals surface area contributed by atoms with Crippen molar-refractivity contribution >= 4 is 52.9 Å². The lowest BCUT2D eigenvalue weighted by molar-refractivity contribution is 0.184. The van der Waals surface area contributed by atoms with E-state index in [-0.39, 0.29) is 30.0 Å². The molecule has 0 aliphatic carbocycles. The third kappa shape index (κ3) is 5.30. The predicted octanol–water partition coefficient (Wildman–Crippen LogP) is 2.39. The lowest BCUT2D eigenvalue weighted by atomic mass is 10.1. The summed E-state index contributed by atoms with van der Waals surface area (Å²) in [5.74, 6) is 2.63. The van der Waals surface area contributed by atoms with E-state index in [2.05, 4.69) is 32.6 Å². The first-order valence-electron chi connectivity index (χ1n) is 8.42. The van der Waals surface area contributed by atoms with Crippen molar-refractivity contribution in [1.29, 1.82) is 0 Å². The molecule has 10 heteroatoms. The maximum Gasteiger partial charge on any atom is 0.191 e. The number of aliphatic hydroxyl groups excluding tert-OH is 1. The molecular formula is C16H24ClIN6OS. The third-order valence-electron chi connectivity index (χ3n) is 4.17. The van der Waals surface area contributed by atoms with Crippen molar-refractivity contribution in [3.63, 3.8) is 0 Å². The largest absolute Gasteiger partial charge is 0.386 e. The SMILES string of the molecule is CCc1nc2n(n1)CC(NC(=NC)NCC(O)c1ccc(Cl)s1)CC2.I. The highest BCUT2D eigenvalue weighted by atomic mass is 127. The van der Waals surface area contributed by atoms with Gasteiger partial charge < -0.3 is 15.7 Å². The standard InChI is InChI=1S/C16H23ClN6OS.HI/c1-3-14-21-15-7-4-10(9-23(15)22-14)20-16(18-2)19-8-11(24)12-5-6-13(17)25-12;/h5-6,10-11,24H,3-4,7-9H2,1-2H3,(H2,18,19,20);1H. The van der Waals surface area contributed by atoms with Crippen LogP contribution in [-0.4, -0.2) is 45.5 Å². The highest BCUT2D eigenvalue weighted by Gasteiger charge is 2.22. The molecule has 0 radical (unpaired) electrons. The van der Waals surface area contributed by atoms with Gasteiger partial charge in [-0.3, -0.25) is 4.99 Å². The number of halogens is 2. The molecule has 2 unspecified atom stereocenters. The van der Waals surface area contributed by atoms with Crippen LogP contribution in [0.4, 0.5) is 0 Å². The smallest absolute Gasteiger partial charge is 0.191 e. The molecule has 2 atom stereocenters. The molecule has 1 aliphatic heterocycles. The van der Waals surface area contributed by atoms with Crippen molar-refractivity contribution in [2.75, 3.05) is 13.6 Å². The van der Waals surface area contributed by atoms with Gasteiger partial charge >= 0.3 is 0 Å². The Hall–Kier alpha value is -0.910. The summed E-state index contributed by atoms with van der Waals surface area (Å²) in [5, 5.41) is 21.3. The maximum absolute atomic E-state index is 10.2. The zero-order valence-corrected chi connectivity index (χ0v) is 18.7. The van der Waals surface area contributed by atoms with Gasteiger partial charge in [0.1, 0.15) is 11.9 Å². The van der Waals surface area contributed by atoms with E-state index in [1.807, 2.05) is 10.7 Å². The minimum atomic E-state index is -0.614. The molecule has 26 heavy (non-hydrogen) atoms. The average Bonchev–Trinajstić information content (AvgIpc) is 3.23. The molecular weight excluding hydrogens is 487 g/mol. The van der Waals surface area contributed by atoms with E-state index in [0.717, 1.165) is 42.3 Å². The monoisotopic (exact) mass is 510 g/mol. The second kappa shape index (κ2) is 9.86. The molecule has 0 fully saturated rings. The minimum Gasteiger partial charge on any atom is -0.386 e. The Balaban J connectivity index is 0.00000243. The minimum absolute atomic E-state index is 0. The van der Waals surface area contributed by atoms with Crippen LogP contribution in [-0.2, 0) is 19.4 Å². The maximum atomic E-state index is 10.2. The number of rotatable bonds is 5. The van der Waals surface area contributed by atoms with Crippen LogP contribution in [0.3, 0.4) is 0 Å². The molecule has 0 amide bonds. The number of nitrogens with one attached hydrogen (secondary N) is 2. The van der Waals surface area contributed by atoms with Crippen LogP contribution >= 0.6 is 46.9 Å². The number of aryl methyl sites for hydroxylation is 2. The van der Waals surface area contributed by atoms with Gasteiger partial charge in [-0.15, -0.1) is 35.3 Å². The Labute approximate surface area is 179 Å². The second-order valence-electron chi connectivity index (χ2n) is 5.97. The van der Waals surface area contributed by atoms with E-state index in [9.17, 15) is 5.11 Å². The molecule has 1 aliphatic rings. The summed E-state index contributed by atoms with van der Waals surface area (Å²) in [6, 6.07) is 3.87. The van der Waals surface area contributed by atoms with Crippen LogP contribution in [0.2, 0.25) is 4.34 Å². The van der Waals surface area contributed by atoms with Gasteiger partial charge in [-0.2, -0.15) is 5.10 Å². The van der Waals surface area contributed by atoms with Crippen molar-refractivity contribution in [1.82, 2.24) is 25.4 Å². The number of aliphatic imine (C=N–C) groups is 1. The first-order chi connectivity index (χ1) is 12.1. The Morgan fingerprint density at radius 3 is 3.00 bits per heavy atom. The van der Waals surface area contributed by atoms with Gasteiger partial charge in [0, 0.05) is 37.4 Å². The summed E-state index contributed by atoms with van der Waals surface area (Å²) in [7, 11) is 1.72. The fourth-order valence-corrected chi connectivity index (χ4v) is 3.86. The van der Waals surface area contributed by atoms with Crippen molar-refractivity contribution in [3.05, 3.63) is 33.0 Å². The Morgan fingerprint density at radius 2 is 2.35 bits per heavy atom. The summed E-state index contributed by atoms with van der Waals surface area (Å²) in [4.78, 5) is 9.62. The van der Waals surface area contributed by atoms with Gasteiger partial charge in [0.15, 0.2) is 11.8 Å². The average molecular weight is 511 g/mol. The van der Waals surface area contributed by atoms with Gasteiger partial charge in [0.2, 0.25) is 0 Å². The van der Waals surface area contributed by atoms with E-state index < -0.39 is 6.10 Å². The number of nitrogens with zero attached hydrogens (tertiary/aromatic N) is 4. The van der Waals surface area contributed by atoms with Gasteiger partial charge in [-0.1, -0.05) is 18.5 Å². The van der Waals surface area contributed by atoms with E-state index >= 15 is 0 Å². The molecule has 3 N–H and O–H groups in total. The van der Waals surface area contributed by atoms with Crippen molar-refractivity contribution in [2.45, 2.75) is 44.9 Å². The summed E-state index contributed by atoms with van der Waals surface area (Å²) < 4.78 is 2.66. The normalized spacial score (nSPS) is 18.0. The number of hydrogen-bond acceptors (Lipinski definition) is 5. The summed E-state index contributed by atoms with van der Waals surface area (Å²) in [6.45, 7) is 3.21. The van der Waals surface area contributed by atoms with Crippen molar-refractivity contribution in [3.8, 4) is 0 Å². The third-order valence-corrected chi connectivity index (χ3v) is 5.50. The van der Waals surface area contributed by atoms with Crippen molar-refractivity contribution in [2.24, 2.45) is 4.99 Å². The molecule has 144 valence electrons. The number of aliphatic hydroxyl groups is 1. The molecule has 3 heterocycles. The second-order valence-corrected chi connectivity index (χ2v) is 7.72. The molecule has 0 bridgehead atoms. The van der Waals surface area contributed by atoms with Gasteiger partial charge in [0.25, 0.3) is 0 Å². The molecule has 2 aromatic rings. The lowest BCUT2D eigenvalue weighted by Gasteiger charge is -2.25. The van der Waals surface area contributed by atoms with E-state index in [1.54, 1.807) is 13.1 Å². The predicted molar refractivity (Wildman–Crippen MR) is 116 cm³/mol. The number of hydrogen-bond donors (Lipinski definition) is 3. The summed E-state index contributed by atoms with van der Waals surface area (Å²) in [5.41, 5.74) is 0.